The first-order chi connectivity index (χ1) is 17.9. The average Bonchev–Trinajstić information content (AvgIpc) is 2.92. The van der Waals surface area contributed by atoms with Gasteiger partial charge in [0.15, 0.2) is 6.29 Å². The molecule has 0 spiro atoms. The third-order valence-corrected chi connectivity index (χ3v) is 6.56. The van der Waals surface area contributed by atoms with Crippen molar-refractivity contribution in [1.82, 2.24) is 10.2 Å². The molecule has 6 heteroatoms. The van der Waals surface area contributed by atoms with E-state index < -0.39 is 6.29 Å². The molecule has 194 valence electrons. The third-order valence-electron chi connectivity index (χ3n) is 6.56. The van der Waals surface area contributed by atoms with E-state index >= 15 is 0 Å². The largest absolute Gasteiger partial charge is 0.392 e. The zero-order valence-electron chi connectivity index (χ0n) is 21.6. The van der Waals surface area contributed by atoms with Crippen LogP contribution in [-0.4, -0.2) is 42.2 Å². The van der Waals surface area contributed by atoms with Gasteiger partial charge in [0.2, 0.25) is 5.91 Å². The number of hydrogen-bond acceptors (Lipinski definition) is 5. The molecule has 2 N–H and O–H groups in total. The first-order valence-corrected chi connectivity index (χ1v) is 12.7. The van der Waals surface area contributed by atoms with Crippen LogP contribution in [-0.2, 0) is 27.4 Å². The van der Waals surface area contributed by atoms with Crippen LogP contribution in [0.4, 0.5) is 0 Å². The fourth-order valence-electron chi connectivity index (χ4n) is 4.60. The van der Waals surface area contributed by atoms with Crippen molar-refractivity contribution in [2.24, 2.45) is 0 Å². The van der Waals surface area contributed by atoms with Gasteiger partial charge in [0, 0.05) is 38.5 Å². The molecule has 1 heterocycles. The molecule has 1 amide bonds. The van der Waals surface area contributed by atoms with Crippen molar-refractivity contribution in [2.75, 3.05) is 20.1 Å². The molecule has 0 aliphatic carbocycles. The quantitative estimate of drug-likeness (QED) is 0.377. The van der Waals surface area contributed by atoms with E-state index in [4.69, 9.17) is 9.47 Å². The van der Waals surface area contributed by atoms with Crippen molar-refractivity contribution in [1.29, 1.82) is 0 Å². The fourth-order valence-corrected chi connectivity index (χ4v) is 4.60. The molecule has 1 aliphatic heterocycles. The van der Waals surface area contributed by atoms with Crippen LogP contribution in [0.15, 0.2) is 85.5 Å². The van der Waals surface area contributed by atoms with E-state index in [2.05, 4.69) is 60.2 Å². The van der Waals surface area contributed by atoms with Gasteiger partial charge >= 0.3 is 0 Å². The Hall–Kier alpha value is -3.29. The zero-order chi connectivity index (χ0) is 26.2. The molecule has 4 rings (SSSR count). The Morgan fingerprint density at radius 2 is 1.76 bits per heavy atom. The summed E-state index contributed by atoms with van der Waals surface area (Å²) in [6, 6.07) is 24.4. The lowest BCUT2D eigenvalue weighted by atomic mass is 9.99. The van der Waals surface area contributed by atoms with E-state index in [0.717, 1.165) is 52.9 Å². The first-order valence-electron chi connectivity index (χ1n) is 12.7. The highest BCUT2D eigenvalue weighted by Gasteiger charge is 2.32. The average molecular weight is 501 g/mol. The molecule has 0 radical (unpaired) electrons. The van der Waals surface area contributed by atoms with E-state index in [1.54, 1.807) is 0 Å². The Morgan fingerprint density at radius 3 is 2.43 bits per heavy atom. The molecular formula is C31H36N2O4. The summed E-state index contributed by atoms with van der Waals surface area (Å²) in [6.45, 7) is 7.46. The van der Waals surface area contributed by atoms with E-state index in [9.17, 15) is 9.90 Å². The maximum atomic E-state index is 11.3. The van der Waals surface area contributed by atoms with Crippen LogP contribution in [0.3, 0.4) is 0 Å². The first kappa shape index (κ1) is 26.8. The molecule has 0 bridgehead atoms. The van der Waals surface area contributed by atoms with E-state index in [0.29, 0.717) is 6.54 Å². The van der Waals surface area contributed by atoms with Gasteiger partial charge in [0.25, 0.3) is 0 Å². The molecule has 6 nitrogen and oxygen atoms in total. The molecule has 1 saturated heterocycles. The van der Waals surface area contributed by atoms with Crippen LogP contribution in [0, 0.1) is 0 Å². The number of nitrogens with zero attached hydrogens (tertiary/aromatic N) is 1. The van der Waals surface area contributed by atoms with Crippen LogP contribution < -0.4 is 5.32 Å². The van der Waals surface area contributed by atoms with Crippen molar-refractivity contribution >= 4 is 5.91 Å². The maximum absolute atomic E-state index is 11.3. The summed E-state index contributed by atoms with van der Waals surface area (Å²) in [5.74, 6) is -0.0427. The summed E-state index contributed by atoms with van der Waals surface area (Å²) in [5.41, 5.74) is 6.15. The molecular weight excluding hydrogens is 464 g/mol. The smallest absolute Gasteiger partial charge is 0.217 e. The van der Waals surface area contributed by atoms with Crippen LogP contribution >= 0.6 is 0 Å². The predicted molar refractivity (Wildman–Crippen MR) is 146 cm³/mol. The Morgan fingerprint density at radius 1 is 1.03 bits per heavy atom. The molecule has 1 aliphatic rings. The third kappa shape index (κ3) is 7.37. The lowest BCUT2D eigenvalue weighted by Crippen LogP contribution is -2.37. The monoisotopic (exact) mass is 500 g/mol. The van der Waals surface area contributed by atoms with Gasteiger partial charge in [-0.05, 0) is 40.9 Å². The molecule has 0 aromatic heterocycles. The Labute approximate surface area is 219 Å². The number of benzene rings is 3. The van der Waals surface area contributed by atoms with Gasteiger partial charge in [-0.2, -0.15) is 0 Å². The number of ether oxygens (including phenoxy) is 2. The zero-order valence-corrected chi connectivity index (χ0v) is 21.6. The molecule has 3 aromatic carbocycles. The number of carbonyl (C=O) groups is 1. The standard InChI is InChI=1S/C31H36N2O4/c1-4-16-33(3)20-29-18-30(26-10-8-23(21-34)9-11-26)37-31(36-29)27-14-12-25(13-15-27)28-7-5-6-24(17-28)19-32-22(2)35/h4-15,17,29-31,34H,1,16,18-21H2,2-3H3,(H,32,35)/t29-,30+,31+/m1/s1. The molecule has 37 heavy (non-hydrogen) atoms. The second-order valence-corrected chi connectivity index (χ2v) is 9.59. The lowest BCUT2D eigenvalue weighted by molar-refractivity contribution is -0.252. The van der Waals surface area contributed by atoms with Crippen molar-refractivity contribution in [2.45, 2.75) is 45.0 Å². The van der Waals surface area contributed by atoms with Crippen LogP contribution in [0.5, 0.6) is 0 Å². The number of aliphatic hydroxyl groups is 1. The van der Waals surface area contributed by atoms with Gasteiger partial charge in [0.05, 0.1) is 18.8 Å². The number of likely N-dealkylation sites (N-methyl/N-ethyl adjacent to an activating group) is 1. The van der Waals surface area contributed by atoms with Gasteiger partial charge in [0.1, 0.15) is 0 Å². The predicted octanol–water partition coefficient (Wildman–Crippen LogP) is 5.15. The van der Waals surface area contributed by atoms with E-state index in [1.165, 1.54) is 6.92 Å². The van der Waals surface area contributed by atoms with Gasteiger partial charge in [-0.25, -0.2) is 0 Å². The summed E-state index contributed by atoms with van der Waals surface area (Å²) in [6.07, 6.45) is 2.04. The second kappa shape index (κ2) is 12.8. The van der Waals surface area contributed by atoms with Gasteiger partial charge in [-0.15, -0.1) is 6.58 Å². The summed E-state index contributed by atoms with van der Waals surface area (Å²) in [4.78, 5) is 13.5. The van der Waals surface area contributed by atoms with E-state index in [1.807, 2.05) is 42.5 Å². The van der Waals surface area contributed by atoms with E-state index in [-0.39, 0.29) is 24.7 Å². The number of aliphatic hydroxyl groups excluding tert-OH is 1. The fraction of sp³-hybridized carbons (Fsp3) is 0.323. The number of hydrogen-bond donors (Lipinski definition) is 2. The van der Waals surface area contributed by atoms with Crippen molar-refractivity contribution < 1.29 is 19.4 Å². The Kier molecular flexibility index (Phi) is 9.25. The van der Waals surface area contributed by atoms with Gasteiger partial charge in [-0.1, -0.05) is 72.8 Å². The summed E-state index contributed by atoms with van der Waals surface area (Å²) in [7, 11) is 2.06. The van der Waals surface area contributed by atoms with Crippen molar-refractivity contribution in [3.05, 3.63) is 108 Å². The molecule has 0 saturated carbocycles. The number of amides is 1. The summed E-state index contributed by atoms with van der Waals surface area (Å²) in [5, 5.41) is 12.3. The Balaban J connectivity index is 1.53. The lowest BCUT2D eigenvalue weighted by Gasteiger charge is -2.37. The SMILES string of the molecule is C=CCN(C)C[C@H]1C[C@@H](c2ccc(CO)cc2)O[C@@H](c2ccc(-c3cccc(CNC(C)=O)c3)cc2)O1. The number of nitrogens with one attached hydrogen (secondary N) is 1. The highest BCUT2D eigenvalue weighted by atomic mass is 16.7. The van der Waals surface area contributed by atoms with Gasteiger partial charge < -0.3 is 24.8 Å². The highest BCUT2D eigenvalue weighted by molar-refractivity contribution is 5.73. The van der Waals surface area contributed by atoms with Crippen molar-refractivity contribution in [3.8, 4) is 11.1 Å². The maximum Gasteiger partial charge on any atom is 0.217 e. The Bertz CT molecular complexity index is 1180. The molecule has 3 atom stereocenters. The minimum Gasteiger partial charge on any atom is -0.392 e. The van der Waals surface area contributed by atoms with Crippen LogP contribution in [0.25, 0.3) is 11.1 Å². The summed E-state index contributed by atoms with van der Waals surface area (Å²) >= 11 is 0. The van der Waals surface area contributed by atoms with Gasteiger partial charge in [-0.3, -0.25) is 4.79 Å². The normalized spacial score (nSPS) is 19.5. The van der Waals surface area contributed by atoms with Crippen LogP contribution in [0.1, 0.15) is 48.0 Å². The van der Waals surface area contributed by atoms with Crippen molar-refractivity contribution in [3.63, 3.8) is 0 Å². The molecule has 0 unspecified atom stereocenters. The molecule has 1 fully saturated rings. The minimum absolute atomic E-state index is 0.00338. The minimum atomic E-state index is -0.487. The van der Waals surface area contributed by atoms with Crippen LogP contribution in [0.2, 0.25) is 0 Å². The number of rotatable bonds is 10. The topological polar surface area (TPSA) is 71.0 Å². The summed E-state index contributed by atoms with van der Waals surface area (Å²) < 4.78 is 12.9. The molecule has 3 aromatic rings. The highest BCUT2D eigenvalue weighted by Crippen LogP contribution is 2.38. The second-order valence-electron chi connectivity index (χ2n) is 9.59. The number of carbonyl (C=O) groups excluding carboxylic acids is 1.